The Kier molecular flexibility index (Phi) is 7.10. The molecule has 7 N–H and O–H groups in total. The Hall–Kier alpha value is -0.400. The normalized spacial score (nSPS) is 52.5. The minimum Gasteiger partial charge on any atom is -0.393 e. The number of aliphatic hydroxyl groups excluding tert-OH is 5. The lowest BCUT2D eigenvalue weighted by molar-refractivity contribution is -0.470. The summed E-state index contributed by atoms with van der Waals surface area (Å²) in [5.74, 6) is -1.08. The molecule has 0 bridgehead atoms. The fourth-order valence-electron chi connectivity index (χ4n) is 6.06. The van der Waals surface area contributed by atoms with E-state index in [2.05, 4.69) is 0 Å². The molecule has 0 amide bonds. The summed E-state index contributed by atoms with van der Waals surface area (Å²) in [6.45, 7) is 7.57. The van der Waals surface area contributed by atoms with E-state index in [1.807, 2.05) is 6.92 Å². The van der Waals surface area contributed by atoms with Crippen LogP contribution in [-0.2, 0) is 14.5 Å². The number of hydrogen-bond acceptors (Lipinski definition) is 10. The van der Waals surface area contributed by atoms with Gasteiger partial charge in [0.15, 0.2) is 0 Å². The highest BCUT2D eigenvalue weighted by Gasteiger charge is 2.62. The van der Waals surface area contributed by atoms with Crippen LogP contribution in [0.5, 0.6) is 0 Å². The Balaban J connectivity index is 1.90. The van der Waals surface area contributed by atoms with Crippen LogP contribution in [0.1, 0.15) is 60.3 Å². The molecule has 3 aliphatic rings. The minimum atomic E-state index is -1.67. The van der Waals surface area contributed by atoms with Gasteiger partial charge in [-0.25, -0.2) is 9.78 Å². The number of hydrogen-bond donors (Lipinski definition) is 7. The maximum Gasteiger partial charge on any atom is 0.220 e. The third-order valence-corrected chi connectivity index (χ3v) is 8.23. The predicted molar refractivity (Wildman–Crippen MR) is 111 cm³/mol. The maximum atomic E-state index is 11.3. The molecule has 32 heavy (non-hydrogen) atoms. The number of rotatable bonds is 5. The predicted octanol–water partition coefficient (Wildman–Crippen LogP) is -0.798. The lowest BCUT2D eigenvalue weighted by atomic mass is 9.50. The lowest BCUT2D eigenvalue weighted by Gasteiger charge is -2.60. The fraction of sp³-hybridized carbons (Fsp3) is 1.00. The van der Waals surface area contributed by atoms with Gasteiger partial charge in [0.05, 0.1) is 23.9 Å². The highest BCUT2D eigenvalue weighted by atomic mass is 17.2. The second kappa shape index (κ2) is 8.67. The summed E-state index contributed by atoms with van der Waals surface area (Å²) in [5, 5.41) is 73.3. The van der Waals surface area contributed by atoms with E-state index in [0.29, 0.717) is 25.7 Å². The molecule has 10 nitrogen and oxygen atoms in total. The van der Waals surface area contributed by atoms with Gasteiger partial charge in [-0.1, -0.05) is 6.92 Å². The van der Waals surface area contributed by atoms with Gasteiger partial charge >= 0.3 is 0 Å². The quantitative estimate of drug-likeness (QED) is 0.202. The van der Waals surface area contributed by atoms with Crippen molar-refractivity contribution in [1.82, 2.24) is 0 Å². The van der Waals surface area contributed by atoms with Crippen LogP contribution in [0.4, 0.5) is 0 Å². The van der Waals surface area contributed by atoms with Crippen molar-refractivity contribution in [3.8, 4) is 0 Å². The molecule has 188 valence electrons. The van der Waals surface area contributed by atoms with Crippen LogP contribution in [0, 0.1) is 17.3 Å². The molecule has 0 aromatic heterocycles. The van der Waals surface area contributed by atoms with Gasteiger partial charge in [0, 0.05) is 17.3 Å². The zero-order chi connectivity index (χ0) is 24.3. The van der Waals surface area contributed by atoms with Gasteiger partial charge in [0.1, 0.15) is 30.0 Å². The van der Waals surface area contributed by atoms with Gasteiger partial charge in [0.2, 0.25) is 6.29 Å². The largest absolute Gasteiger partial charge is 0.393 e. The molecule has 3 fully saturated rings. The Labute approximate surface area is 188 Å². The number of fused-ring (bicyclic) bond motifs is 1. The van der Waals surface area contributed by atoms with E-state index < -0.39 is 77.5 Å². The molecule has 11 atom stereocenters. The van der Waals surface area contributed by atoms with Crippen molar-refractivity contribution in [3.63, 3.8) is 0 Å². The Morgan fingerprint density at radius 3 is 2.16 bits per heavy atom. The summed E-state index contributed by atoms with van der Waals surface area (Å²) in [6.07, 6.45) is -6.13. The molecule has 2 saturated carbocycles. The molecule has 3 rings (SSSR count). The molecule has 10 heteroatoms. The molecule has 2 aliphatic carbocycles. The van der Waals surface area contributed by atoms with Gasteiger partial charge < -0.3 is 40.5 Å². The highest BCUT2D eigenvalue weighted by Crippen LogP contribution is 2.57. The average molecular weight is 465 g/mol. The standard InChI is InChI=1S/C22H40O10/c1-19(2,28)11-6-8-20(3)12(24)7-9-21(4,29)16(20)15(11)31-32-18-14(26)13(25)17(27)22(5,10-23)30-18/h11-18,23-29H,6-10H2,1-5H3. The Morgan fingerprint density at radius 2 is 1.59 bits per heavy atom. The van der Waals surface area contributed by atoms with Gasteiger partial charge in [-0.05, 0) is 53.4 Å². The van der Waals surface area contributed by atoms with E-state index in [1.54, 1.807) is 20.8 Å². The summed E-state index contributed by atoms with van der Waals surface area (Å²) in [5.41, 5.74) is -4.71. The average Bonchev–Trinajstić information content (AvgIpc) is 2.70. The van der Waals surface area contributed by atoms with Crippen molar-refractivity contribution >= 4 is 0 Å². The summed E-state index contributed by atoms with van der Waals surface area (Å²) >= 11 is 0. The number of aliphatic hydroxyl groups is 7. The van der Waals surface area contributed by atoms with Gasteiger partial charge in [-0.15, -0.1) is 0 Å². The monoisotopic (exact) mass is 464 g/mol. The zero-order valence-corrected chi connectivity index (χ0v) is 19.5. The van der Waals surface area contributed by atoms with Crippen molar-refractivity contribution in [2.75, 3.05) is 6.61 Å². The SMILES string of the molecule is CC(C)(O)C1CCC2(C)C(O)CCC(C)(O)C2C1OOC1OC(C)(CO)C(O)C(O)C1O. The van der Waals surface area contributed by atoms with Crippen molar-refractivity contribution in [2.45, 2.75) is 114 Å². The van der Waals surface area contributed by atoms with Gasteiger partial charge in [-0.2, -0.15) is 0 Å². The molecule has 0 spiro atoms. The molecule has 11 unspecified atom stereocenters. The summed E-state index contributed by atoms with van der Waals surface area (Å²) in [7, 11) is 0. The summed E-state index contributed by atoms with van der Waals surface area (Å²) < 4.78 is 5.53. The van der Waals surface area contributed by atoms with Crippen molar-refractivity contribution in [1.29, 1.82) is 0 Å². The Bertz CT molecular complexity index is 666. The molecular formula is C22H40O10. The van der Waals surface area contributed by atoms with Crippen LogP contribution in [0.3, 0.4) is 0 Å². The summed E-state index contributed by atoms with van der Waals surface area (Å²) in [4.78, 5) is 11.2. The van der Waals surface area contributed by atoms with Crippen LogP contribution in [0.2, 0.25) is 0 Å². The first-order chi connectivity index (χ1) is 14.6. The first-order valence-electron chi connectivity index (χ1n) is 11.4. The van der Waals surface area contributed by atoms with Crippen molar-refractivity contribution < 1.29 is 50.3 Å². The summed E-state index contributed by atoms with van der Waals surface area (Å²) in [6, 6.07) is 0. The second-order valence-electron chi connectivity index (χ2n) is 11.2. The fourth-order valence-corrected chi connectivity index (χ4v) is 6.06. The highest BCUT2D eigenvalue weighted by molar-refractivity contribution is 5.10. The Morgan fingerprint density at radius 1 is 0.969 bits per heavy atom. The van der Waals surface area contributed by atoms with E-state index >= 15 is 0 Å². The van der Waals surface area contributed by atoms with Crippen LogP contribution >= 0.6 is 0 Å². The molecule has 0 radical (unpaired) electrons. The topological polar surface area (TPSA) is 169 Å². The van der Waals surface area contributed by atoms with Crippen LogP contribution in [0.15, 0.2) is 0 Å². The van der Waals surface area contributed by atoms with Gasteiger partial charge in [0.25, 0.3) is 0 Å². The van der Waals surface area contributed by atoms with E-state index in [1.165, 1.54) is 6.92 Å². The first-order valence-corrected chi connectivity index (χ1v) is 11.4. The second-order valence-corrected chi connectivity index (χ2v) is 11.2. The first kappa shape index (κ1) is 26.2. The molecule has 1 aliphatic heterocycles. The molecule has 1 heterocycles. The zero-order valence-electron chi connectivity index (χ0n) is 19.5. The van der Waals surface area contributed by atoms with Crippen molar-refractivity contribution in [3.05, 3.63) is 0 Å². The van der Waals surface area contributed by atoms with Gasteiger partial charge in [-0.3, -0.25) is 0 Å². The lowest BCUT2D eigenvalue weighted by Crippen LogP contribution is -2.67. The molecule has 1 saturated heterocycles. The van der Waals surface area contributed by atoms with E-state index in [0.717, 1.165) is 0 Å². The van der Waals surface area contributed by atoms with Crippen LogP contribution < -0.4 is 0 Å². The van der Waals surface area contributed by atoms with Crippen LogP contribution in [0.25, 0.3) is 0 Å². The minimum absolute atomic E-state index is 0.336. The third kappa shape index (κ3) is 4.35. The third-order valence-electron chi connectivity index (χ3n) is 8.23. The molecule has 0 aromatic rings. The van der Waals surface area contributed by atoms with Crippen LogP contribution in [-0.4, -0.2) is 96.0 Å². The van der Waals surface area contributed by atoms with E-state index in [9.17, 15) is 35.7 Å². The van der Waals surface area contributed by atoms with E-state index in [-0.39, 0.29) is 0 Å². The van der Waals surface area contributed by atoms with E-state index in [4.69, 9.17) is 14.5 Å². The smallest absolute Gasteiger partial charge is 0.220 e. The van der Waals surface area contributed by atoms with Crippen molar-refractivity contribution in [2.24, 2.45) is 17.3 Å². The maximum absolute atomic E-state index is 11.3. The molecular weight excluding hydrogens is 424 g/mol. The number of ether oxygens (including phenoxy) is 1. The molecule has 0 aromatic carbocycles.